The number of aromatic nitrogens is 2. The highest BCUT2D eigenvalue weighted by atomic mass is 16.4. The van der Waals surface area contributed by atoms with E-state index in [-0.39, 0.29) is 113 Å². The fraction of sp³-hybridized carbons (Fsp3) is 0.685. The summed E-state index contributed by atoms with van der Waals surface area (Å²) in [6, 6.07) is -27.4. The Morgan fingerprint density at radius 1 is 0.389 bits per heavy atom. The fourth-order valence-electron chi connectivity index (χ4n) is 15.6. The summed E-state index contributed by atoms with van der Waals surface area (Å²) in [4.78, 5) is 346. The van der Waals surface area contributed by atoms with Gasteiger partial charge in [0.1, 0.15) is 103 Å². The molecule has 3 rings (SSSR count). The van der Waals surface area contributed by atoms with Crippen LogP contribution in [0, 0.1) is 40.9 Å². The van der Waals surface area contributed by atoms with E-state index in [9.17, 15) is 151 Å². The third kappa shape index (κ3) is 46.4. The first-order valence-corrected chi connectivity index (χ1v) is 49.1. The van der Waals surface area contributed by atoms with Crippen LogP contribution in [0.5, 0.6) is 0 Å². The van der Waals surface area contributed by atoms with Crippen LogP contribution in [0.1, 0.15) is 212 Å². The third-order valence-electron chi connectivity index (χ3n) is 23.3. The number of hydrogen-bond donors (Lipinski definition) is 29. The number of hydrogen-bond acceptors (Lipinski definition) is 29. The summed E-state index contributed by atoms with van der Waals surface area (Å²) in [5.74, 6) is -30.6. The molecule has 57 heteroatoms. The van der Waals surface area contributed by atoms with Crippen molar-refractivity contribution in [3.8, 4) is 0 Å². The average molecular weight is 2120 g/mol. The molecular formula is C92H150N26O31. The van der Waals surface area contributed by atoms with Gasteiger partial charge in [0.2, 0.25) is 118 Å². The summed E-state index contributed by atoms with van der Waals surface area (Å²) in [5, 5.41) is 112. The Morgan fingerprint density at radius 2 is 0.772 bits per heavy atom. The Balaban J connectivity index is 1.73. The van der Waals surface area contributed by atoms with E-state index in [1.807, 2.05) is 0 Å². The Hall–Kier alpha value is -14.8. The third-order valence-corrected chi connectivity index (χ3v) is 23.3. The van der Waals surface area contributed by atoms with Crippen LogP contribution in [-0.4, -0.2) is 359 Å². The molecule has 834 valence electrons. The molecule has 20 amide bonds. The van der Waals surface area contributed by atoms with Gasteiger partial charge in [-0.15, -0.1) is 0 Å². The van der Waals surface area contributed by atoms with E-state index in [4.69, 9.17) is 16.9 Å². The van der Waals surface area contributed by atoms with E-state index in [2.05, 4.69) is 111 Å². The highest BCUT2D eigenvalue weighted by Crippen LogP contribution is 2.28. The number of carboxylic acid groups (broad SMARTS) is 5. The second-order valence-electron chi connectivity index (χ2n) is 39.0. The number of amides is 20. The lowest BCUT2D eigenvalue weighted by atomic mass is 9.99. The zero-order valence-corrected chi connectivity index (χ0v) is 86.4. The zero-order chi connectivity index (χ0) is 113. The number of nitrogens with zero attached hydrogens (tertiary/aromatic N) is 3. The van der Waals surface area contributed by atoms with Gasteiger partial charge < -0.3 is 158 Å². The Labute approximate surface area is 859 Å². The molecule has 31 N–H and O–H groups in total. The Kier molecular flexibility index (Phi) is 54.8. The summed E-state index contributed by atoms with van der Waals surface area (Å²) < 4.78 is 0. The van der Waals surface area contributed by atoms with Gasteiger partial charge in [-0.05, 0) is 133 Å². The van der Waals surface area contributed by atoms with Gasteiger partial charge in [0.15, 0.2) is 5.96 Å². The van der Waals surface area contributed by atoms with E-state index in [0.29, 0.717) is 0 Å². The van der Waals surface area contributed by atoms with Crippen LogP contribution < -0.4 is 112 Å². The number of nitrogens with one attached hydrogen (secondary N) is 21. The topological polar surface area (TPSA) is 888 Å². The van der Waals surface area contributed by atoms with Crippen LogP contribution in [0.25, 0.3) is 0 Å². The Morgan fingerprint density at radius 3 is 1.25 bits per heavy atom. The molecule has 3 heterocycles. The van der Waals surface area contributed by atoms with Crippen molar-refractivity contribution in [1.82, 2.24) is 121 Å². The molecule has 149 heavy (non-hydrogen) atoms. The van der Waals surface area contributed by atoms with Gasteiger partial charge in [-0.25, -0.2) is 9.78 Å². The molecule has 1 aromatic heterocycles. The molecule has 1 aromatic rings. The van der Waals surface area contributed by atoms with Crippen LogP contribution >= 0.6 is 0 Å². The quantitative estimate of drug-likeness (QED) is 0.0164. The molecule has 0 unspecified atom stereocenters. The minimum atomic E-state index is -2.05. The lowest BCUT2D eigenvalue weighted by molar-refractivity contribution is -0.148. The summed E-state index contributed by atoms with van der Waals surface area (Å²) in [7, 11) is 0. The highest BCUT2D eigenvalue weighted by Gasteiger charge is 2.47. The predicted molar refractivity (Wildman–Crippen MR) is 524 cm³/mol. The standard InChI is InChI=1S/C92H150N26O31/c1-42(2)29-55(78(135)99-37-65(120)102-49(14)75(132)108-56(30-43(3)4)81(138)110-57(31-44(5)6)80(137)107-54(91(148)149)19-16-26-97-92(94)95)113-88(145)73(47(11)12)115-67(122)39-98-77(134)52(22-24-68(123)124)106-86(143)63-20-17-27-117(63)90(147)64-21-18-28-118(64)89(146)61(32-45(7)8)114-79(136)53(23-25-69(125)126)105-85(142)62(40-119)104-66(121)38-100-87(144)72(46(9)10)116-84(141)60(35-71(129)130)112-82(139)58(33-51-36-96-41-101-51)111-83(140)59(34-70(127)128)109-76(133)50(15)103-74(131)48(13)93/h36,41-50,52-64,72-73,119H,16-35,37-40,93H2,1-15H3,(H,96,101)(H,98,134)(H,99,135)(H,100,144)(H,102,120)(H,103,131)(H,104,121)(H,105,142)(H,106,143)(H,107,137)(H,108,132)(H,109,133)(H,110,138)(H,111,140)(H,112,139)(H,113,145)(H,114,136)(H,115,122)(H,116,141)(H,123,124)(H,125,126)(H,127,128)(H,129,130)(H,148,149)(H4,94,95,97)/t48-,49-,50-,52-,53-,54-,55-,56-,57-,58-,59-,60-,61-,62-,63-,64-,72-,73-/m0/s1. The van der Waals surface area contributed by atoms with E-state index in [1.54, 1.807) is 69.2 Å². The molecule has 2 aliphatic heterocycles. The molecule has 2 fully saturated rings. The number of H-pyrrole nitrogens is 1. The van der Waals surface area contributed by atoms with Crippen LogP contribution in [0.15, 0.2) is 12.5 Å². The predicted octanol–water partition coefficient (Wildman–Crippen LogP) is -8.54. The molecule has 0 aromatic carbocycles. The number of aliphatic hydroxyl groups is 1. The van der Waals surface area contributed by atoms with Crippen molar-refractivity contribution in [3.05, 3.63) is 18.2 Å². The van der Waals surface area contributed by atoms with Gasteiger partial charge in [0.25, 0.3) is 0 Å². The van der Waals surface area contributed by atoms with E-state index in [1.165, 1.54) is 56.9 Å². The SMILES string of the molecule is CC(C)C[C@H](NC(=O)[C@H](C)NC(=O)CNC(=O)[C@H](CC(C)C)NC(=O)[C@@H](NC(=O)CNC(=O)[C@H](CCC(=O)O)NC(=O)[C@@H]1CCCN1C(=O)[C@@H]1CCCN1C(=O)[C@H](CC(C)C)NC(=O)[C@H](CCC(=O)O)NC(=O)[C@H](CO)NC(=O)CNC(=O)[C@@H](NC(=O)[C@H](CC(=O)O)NC(=O)[C@H](Cc1cnc[nH]1)NC(=O)[C@H](CC(=O)O)NC(=O)[C@H](C)NC(=O)[C@H](C)N)C(C)C)C(C)C)C(=O)N[C@@H](CC(C)C)C(=O)N[C@@H](CCCNC(=N)N)C(=O)O. The lowest BCUT2D eigenvalue weighted by Gasteiger charge is -2.34. The molecule has 2 aliphatic rings. The van der Waals surface area contributed by atoms with Crippen molar-refractivity contribution in [3.63, 3.8) is 0 Å². The van der Waals surface area contributed by atoms with Gasteiger partial charge in [-0.1, -0.05) is 83.1 Å². The average Bonchev–Trinajstić information content (AvgIpc) is 1.65. The lowest BCUT2D eigenvalue weighted by Crippen LogP contribution is -2.61. The van der Waals surface area contributed by atoms with Crippen molar-refractivity contribution in [2.75, 3.05) is 45.9 Å². The van der Waals surface area contributed by atoms with Crippen molar-refractivity contribution in [2.24, 2.45) is 47.0 Å². The first-order valence-electron chi connectivity index (χ1n) is 49.1. The number of carbonyl (C=O) groups excluding carboxylic acids is 20. The fourth-order valence-corrected chi connectivity index (χ4v) is 15.6. The van der Waals surface area contributed by atoms with E-state index >= 15 is 0 Å². The van der Waals surface area contributed by atoms with Crippen molar-refractivity contribution >= 4 is 154 Å². The zero-order valence-electron chi connectivity index (χ0n) is 86.4. The number of rotatable bonds is 66. The van der Waals surface area contributed by atoms with E-state index in [0.717, 1.165) is 0 Å². The number of aliphatic carboxylic acids is 5. The number of carbonyl (C=O) groups is 25. The second-order valence-corrected chi connectivity index (χ2v) is 39.0. The number of guanidine groups is 1. The second kappa shape index (κ2) is 63.6. The number of nitrogens with two attached hydrogens (primary N) is 2. The van der Waals surface area contributed by atoms with Gasteiger partial charge in [0, 0.05) is 50.8 Å². The molecule has 0 bridgehead atoms. The monoisotopic (exact) mass is 2120 g/mol. The van der Waals surface area contributed by atoms with Crippen molar-refractivity contribution in [1.29, 1.82) is 5.41 Å². The first kappa shape index (κ1) is 128. The normalized spacial score (nSPS) is 16.5. The van der Waals surface area contributed by atoms with Crippen LogP contribution in [0.2, 0.25) is 0 Å². The summed E-state index contributed by atoms with van der Waals surface area (Å²) in [6.07, 6.45) is -2.47. The molecular weight excluding hydrogens is 1970 g/mol. The maximum absolute atomic E-state index is 14.9. The first-order chi connectivity index (χ1) is 69.6. The van der Waals surface area contributed by atoms with Crippen LogP contribution in [0.4, 0.5) is 0 Å². The Bertz CT molecular complexity index is 4860. The summed E-state index contributed by atoms with van der Waals surface area (Å²) >= 11 is 0. The van der Waals surface area contributed by atoms with Crippen LogP contribution in [-0.2, 0) is 126 Å². The molecule has 57 nitrogen and oxygen atoms in total. The smallest absolute Gasteiger partial charge is 0.326 e. The maximum Gasteiger partial charge on any atom is 0.326 e. The molecule has 2 saturated heterocycles. The largest absolute Gasteiger partial charge is 0.481 e. The number of carboxylic acids is 5. The molecule has 0 radical (unpaired) electrons. The number of imidazole rings is 1. The minimum absolute atomic E-state index is 0.00790. The van der Waals surface area contributed by atoms with Crippen molar-refractivity contribution < 1.29 is 151 Å². The molecule has 18 atom stereocenters. The summed E-state index contributed by atoms with van der Waals surface area (Å²) in [6.45, 7) is 19.7. The number of likely N-dealkylation sites (tertiary alicyclic amines) is 2. The number of aliphatic hydroxyl groups excluding tert-OH is 1. The van der Waals surface area contributed by atoms with E-state index < -0.39 is 346 Å². The molecule has 0 saturated carbocycles. The van der Waals surface area contributed by atoms with Gasteiger partial charge in [0.05, 0.1) is 51.5 Å². The highest BCUT2D eigenvalue weighted by molar-refractivity contribution is 6.03. The molecule has 0 spiro atoms. The van der Waals surface area contributed by atoms with Crippen molar-refractivity contribution in [2.45, 2.75) is 322 Å². The molecule has 0 aliphatic carbocycles. The van der Waals surface area contributed by atoms with Crippen LogP contribution in [0.3, 0.4) is 0 Å². The maximum atomic E-state index is 14.9. The van der Waals surface area contributed by atoms with Gasteiger partial charge in [-0.3, -0.25) is 120 Å². The summed E-state index contributed by atoms with van der Waals surface area (Å²) in [5.41, 5.74) is 11.0. The van der Waals surface area contributed by atoms with Gasteiger partial charge >= 0.3 is 29.8 Å². The number of aromatic amines is 1. The van der Waals surface area contributed by atoms with Gasteiger partial charge in [-0.2, -0.15) is 0 Å². The minimum Gasteiger partial charge on any atom is -0.481 e.